The molecule has 22 heavy (non-hydrogen) atoms. The molecular weight excluding hydrogens is 302 g/mol. The number of H-pyrrole nitrogens is 1. The van der Waals surface area contributed by atoms with Gasteiger partial charge in [-0.2, -0.15) is 0 Å². The molecule has 116 valence electrons. The number of hydrogen-bond donors (Lipinski definition) is 2. The van der Waals surface area contributed by atoms with Crippen molar-refractivity contribution in [3.05, 3.63) is 52.8 Å². The molecule has 2 rings (SSSR count). The molecule has 0 spiro atoms. The molecule has 1 aromatic heterocycles. The molecule has 0 atom stereocenters. The highest BCUT2D eigenvalue weighted by Crippen LogP contribution is 2.19. The number of para-hydroxylation sites is 1. The van der Waals surface area contributed by atoms with Crippen LogP contribution in [0.4, 0.5) is 5.69 Å². The zero-order chi connectivity index (χ0) is 16.1. The van der Waals surface area contributed by atoms with E-state index in [1.54, 1.807) is 29.2 Å². The van der Waals surface area contributed by atoms with Crippen LogP contribution in [0, 0.1) is 0 Å². The number of nitrogens with one attached hydrogen (secondary N) is 2. The largest absolute Gasteiger partial charge is 0.356 e. The van der Waals surface area contributed by atoms with Crippen LogP contribution in [-0.4, -0.2) is 34.8 Å². The van der Waals surface area contributed by atoms with Crippen LogP contribution >= 0.6 is 11.6 Å². The lowest BCUT2D eigenvalue weighted by atomic mass is 10.1. The zero-order valence-electron chi connectivity index (χ0n) is 12.5. The number of benzene rings is 1. The summed E-state index contributed by atoms with van der Waals surface area (Å²) in [5.74, 6) is -0.447. The summed E-state index contributed by atoms with van der Waals surface area (Å²) in [7, 11) is 0. The van der Waals surface area contributed by atoms with Crippen molar-refractivity contribution in [2.75, 3.05) is 18.4 Å². The van der Waals surface area contributed by atoms with Crippen molar-refractivity contribution >= 4 is 29.1 Å². The lowest BCUT2D eigenvalue weighted by molar-refractivity contribution is 0.0774. The number of anilines is 1. The highest BCUT2D eigenvalue weighted by atomic mass is 35.5. The Kier molecular flexibility index (Phi) is 5.22. The van der Waals surface area contributed by atoms with Gasteiger partial charge in [0.2, 0.25) is 0 Å². The molecule has 1 aromatic carbocycles. The highest BCUT2D eigenvalue weighted by molar-refractivity contribution is 6.31. The summed E-state index contributed by atoms with van der Waals surface area (Å²) < 4.78 is 0. The van der Waals surface area contributed by atoms with Crippen molar-refractivity contribution in [3.8, 4) is 0 Å². The van der Waals surface area contributed by atoms with Gasteiger partial charge in [-0.15, -0.1) is 0 Å². The molecule has 0 aliphatic carbocycles. The number of rotatable bonds is 5. The Hall–Kier alpha value is -2.27. The first kappa shape index (κ1) is 16.1. The van der Waals surface area contributed by atoms with Crippen molar-refractivity contribution in [1.82, 2.24) is 9.88 Å². The van der Waals surface area contributed by atoms with E-state index in [1.807, 2.05) is 13.8 Å². The standard InChI is InChI=1S/C16H18ClN3O2/c1-3-20(4-2)16(22)12-7-5-6-8-13(12)19-15(21)14-9-11(17)10-18-14/h5-10,18H,3-4H2,1-2H3,(H,19,21). The van der Waals surface area contributed by atoms with Gasteiger partial charge in [-0.3, -0.25) is 9.59 Å². The van der Waals surface area contributed by atoms with E-state index >= 15 is 0 Å². The summed E-state index contributed by atoms with van der Waals surface area (Å²) in [4.78, 5) is 29.2. The molecule has 6 heteroatoms. The fourth-order valence-electron chi connectivity index (χ4n) is 2.15. The van der Waals surface area contributed by atoms with E-state index < -0.39 is 0 Å². The Bertz CT molecular complexity index is 678. The van der Waals surface area contributed by atoms with Gasteiger partial charge in [0.1, 0.15) is 5.69 Å². The van der Waals surface area contributed by atoms with E-state index in [9.17, 15) is 9.59 Å². The zero-order valence-corrected chi connectivity index (χ0v) is 13.3. The Morgan fingerprint density at radius 2 is 1.91 bits per heavy atom. The molecule has 2 aromatic rings. The molecule has 0 aliphatic heterocycles. The summed E-state index contributed by atoms with van der Waals surface area (Å²) in [5, 5.41) is 3.20. The fourth-order valence-corrected chi connectivity index (χ4v) is 2.31. The number of aromatic nitrogens is 1. The van der Waals surface area contributed by atoms with E-state index in [1.165, 1.54) is 12.3 Å². The maximum Gasteiger partial charge on any atom is 0.272 e. The summed E-state index contributed by atoms with van der Waals surface area (Å²) >= 11 is 5.80. The van der Waals surface area contributed by atoms with Gasteiger partial charge in [-0.25, -0.2) is 0 Å². The van der Waals surface area contributed by atoms with Crippen molar-refractivity contribution in [3.63, 3.8) is 0 Å². The van der Waals surface area contributed by atoms with Gasteiger partial charge in [0.15, 0.2) is 0 Å². The van der Waals surface area contributed by atoms with Crippen LogP contribution in [0.5, 0.6) is 0 Å². The Labute approximate surface area is 134 Å². The smallest absolute Gasteiger partial charge is 0.272 e. The number of halogens is 1. The van der Waals surface area contributed by atoms with Crippen LogP contribution < -0.4 is 5.32 Å². The van der Waals surface area contributed by atoms with E-state index in [0.717, 1.165) is 0 Å². The first-order valence-electron chi connectivity index (χ1n) is 7.10. The van der Waals surface area contributed by atoms with Gasteiger partial charge >= 0.3 is 0 Å². The van der Waals surface area contributed by atoms with Gasteiger partial charge in [0, 0.05) is 19.3 Å². The van der Waals surface area contributed by atoms with Crippen LogP contribution in [0.2, 0.25) is 5.02 Å². The van der Waals surface area contributed by atoms with Gasteiger partial charge < -0.3 is 15.2 Å². The molecule has 0 saturated carbocycles. The average Bonchev–Trinajstić information content (AvgIpc) is 2.95. The monoisotopic (exact) mass is 319 g/mol. The van der Waals surface area contributed by atoms with Gasteiger partial charge in [-0.05, 0) is 32.0 Å². The molecular formula is C16H18ClN3O2. The third-order valence-corrected chi connectivity index (χ3v) is 3.57. The lowest BCUT2D eigenvalue weighted by Gasteiger charge is -2.20. The second-order valence-electron chi connectivity index (χ2n) is 4.71. The minimum absolute atomic E-state index is 0.106. The van der Waals surface area contributed by atoms with Crippen LogP contribution in [0.1, 0.15) is 34.7 Å². The first-order chi connectivity index (χ1) is 10.6. The SMILES string of the molecule is CCN(CC)C(=O)c1ccccc1NC(=O)c1cc(Cl)c[nH]1. The first-order valence-corrected chi connectivity index (χ1v) is 7.48. The molecule has 0 radical (unpaired) electrons. The van der Waals surface area contributed by atoms with Crippen LogP contribution in [0.3, 0.4) is 0 Å². The van der Waals surface area contributed by atoms with Crippen LogP contribution in [0.15, 0.2) is 36.5 Å². The topological polar surface area (TPSA) is 65.2 Å². The normalized spacial score (nSPS) is 10.3. The molecule has 2 amide bonds. The van der Waals surface area contributed by atoms with Gasteiger partial charge in [0.25, 0.3) is 11.8 Å². The lowest BCUT2D eigenvalue weighted by Crippen LogP contribution is -2.31. The molecule has 0 unspecified atom stereocenters. The fraction of sp³-hybridized carbons (Fsp3) is 0.250. The Morgan fingerprint density at radius 3 is 2.50 bits per heavy atom. The van der Waals surface area contributed by atoms with E-state index in [-0.39, 0.29) is 11.8 Å². The van der Waals surface area contributed by atoms with Crippen molar-refractivity contribution in [2.45, 2.75) is 13.8 Å². The number of carbonyl (C=O) groups is 2. The molecule has 0 fully saturated rings. The third kappa shape index (κ3) is 3.49. The predicted molar refractivity (Wildman–Crippen MR) is 87.4 cm³/mol. The molecule has 0 aliphatic rings. The minimum Gasteiger partial charge on any atom is -0.356 e. The maximum absolute atomic E-state index is 12.5. The quantitative estimate of drug-likeness (QED) is 0.887. The molecule has 5 nitrogen and oxygen atoms in total. The van der Waals surface area contributed by atoms with Crippen LogP contribution in [-0.2, 0) is 0 Å². The summed E-state index contributed by atoms with van der Waals surface area (Å²) in [6.45, 7) is 5.07. The minimum atomic E-state index is -0.341. The van der Waals surface area contributed by atoms with Gasteiger partial charge in [-0.1, -0.05) is 23.7 Å². The molecule has 2 N–H and O–H groups in total. The number of amides is 2. The maximum atomic E-state index is 12.5. The second-order valence-corrected chi connectivity index (χ2v) is 5.15. The van der Waals surface area contributed by atoms with E-state index in [0.29, 0.717) is 35.1 Å². The average molecular weight is 320 g/mol. The predicted octanol–water partition coefficient (Wildman–Crippen LogP) is 3.40. The van der Waals surface area contributed by atoms with Crippen molar-refractivity contribution in [1.29, 1.82) is 0 Å². The van der Waals surface area contributed by atoms with Crippen molar-refractivity contribution in [2.24, 2.45) is 0 Å². The van der Waals surface area contributed by atoms with Crippen molar-refractivity contribution < 1.29 is 9.59 Å². The number of carbonyl (C=O) groups excluding carboxylic acids is 2. The number of hydrogen-bond acceptors (Lipinski definition) is 2. The summed E-state index contributed by atoms with van der Waals surface area (Å²) in [6.07, 6.45) is 1.53. The highest BCUT2D eigenvalue weighted by Gasteiger charge is 2.18. The second kappa shape index (κ2) is 7.13. The Balaban J connectivity index is 2.25. The molecule has 0 bridgehead atoms. The number of nitrogens with zero attached hydrogens (tertiary/aromatic N) is 1. The third-order valence-electron chi connectivity index (χ3n) is 3.35. The summed E-state index contributed by atoms with van der Waals surface area (Å²) in [6, 6.07) is 8.50. The molecule has 0 saturated heterocycles. The van der Waals surface area contributed by atoms with E-state index in [2.05, 4.69) is 10.3 Å². The van der Waals surface area contributed by atoms with Gasteiger partial charge in [0.05, 0.1) is 16.3 Å². The van der Waals surface area contributed by atoms with E-state index in [4.69, 9.17) is 11.6 Å². The number of aromatic amines is 1. The summed E-state index contributed by atoms with van der Waals surface area (Å²) in [5.41, 5.74) is 1.29. The molecule has 1 heterocycles. The van der Waals surface area contributed by atoms with Crippen LogP contribution in [0.25, 0.3) is 0 Å². The Morgan fingerprint density at radius 1 is 1.23 bits per heavy atom.